The molecular weight excluding hydrogens is 374 g/mol. The van der Waals surface area contributed by atoms with E-state index < -0.39 is 0 Å². The number of hydrogen-bond acceptors (Lipinski definition) is 3. The molecule has 3 aromatic carbocycles. The third kappa shape index (κ3) is 4.24. The Hall–Kier alpha value is -2.56. The van der Waals surface area contributed by atoms with Gasteiger partial charge in [-0.05, 0) is 29.3 Å². The Labute approximate surface area is 168 Å². The van der Waals surface area contributed by atoms with Gasteiger partial charge in [-0.1, -0.05) is 90.1 Å². The predicted octanol–water partition coefficient (Wildman–Crippen LogP) is 5.80. The first-order chi connectivity index (χ1) is 13.3. The highest BCUT2D eigenvalue weighted by Crippen LogP contribution is 2.28. The van der Waals surface area contributed by atoms with Gasteiger partial charge in [0.15, 0.2) is 5.16 Å². The van der Waals surface area contributed by atoms with Crippen molar-refractivity contribution in [2.45, 2.75) is 17.3 Å². The summed E-state index contributed by atoms with van der Waals surface area (Å²) in [5.41, 5.74) is 3.37. The molecule has 0 aliphatic rings. The lowest BCUT2D eigenvalue weighted by Gasteiger charge is -2.10. The highest BCUT2D eigenvalue weighted by molar-refractivity contribution is 7.98. The molecule has 0 N–H and O–H groups in total. The highest BCUT2D eigenvalue weighted by Gasteiger charge is 2.15. The second-order valence-electron chi connectivity index (χ2n) is 6.11. The Kier molecular flexibility index (Phi) is 5.56. The quantitative estimate of drug-likeness (QED) is 0.389. The van der Waals surface area contributed by atoms with Gasteiger partial charge in [0, 0.05) is 22.9 Å². The predicted molar refractivity (Wildman–Crippen MR) is 112 cm³/mol. The Morgan fingerprint density at radius 3 is 2.19 bits per heavy atom. The Balaban J connectivity index is 1.66. The first-order valence-corrected chi connectivity index (χ1v) is 10.1. The zero-order chi connectivity index (χ0) is 18.5. The van der Waals surface area contributed by atoms with Gasteiger partial charge in [-0.15, -0.1) is 10.2 Å². The summed E-state index contributed by atoms with van der Waals surface area (Å²) in [4.78, 5) is 0. The van der Waals surface area contributed by atoms with Crippen molar-refractivity contribution in [3.63, 3.8) is 0 Å². The number of thioether (sulfide) groups is 1. The fraction of sp³-hybridized carbons (Fsp3) is 0.0909. The summed E-state index contributed by atoms with van der Waals surface area (Å²) in [5, 5.41) is 10.6. The molecule has 1 aromatic heterocycles. The molecule has 0 bridgehead atoms. The lowest BCUT2D eigenvalue weighted by molar-refractivity contribution is 0.848. The molecule has 0 atom stereocenters. The molecule has 5 heteroatoms. The summed E-state index contributed by atoms with van der Waals surface area (Å²) < 4.78 is 2.13. The first kappa shape index (κ1) is 17.8. The number of hydrogen-bond donors (Lipinski definition) is 0. The normalized spacial score (nSPS) is 10.9. The van der Waals surface area contributed by atoms with Crippen LogP contribution in [-0.2, 0) is 12.2 Å². The lowest BCUT2D eigenvalue weighted by Crippen LogP contribution is -2.03. The number of halogens is 1. The van der Waals surface area contributed by atoms with E-state index in [2.05, 4.69) is 39.0 Å². The number of benzene rings is 3. The molecule has 1 heterocycles. The standard InChI is InChI=1S/C22H18ClN3S/c23-20-14-8-7-11-18(20)16-27-22-25-24-21(15-17-9-3-1-4-10-17)26(22)19-12-5-2-6-13-19/h1-14H,15-16H2. The van der Waals surface area contributed by atoms with Crippen molar-refractivity contribution in [3.8, 4) is 5.69 Å². The molecule has 4 rings (SSSR count). The van der Waals surface area contributed by atoms with Crippen LogP contribution in [-0.4, -0.2) is 14.8 Å². The van der Waals surface area contributed by atoms with Crippen LogP contribution in [0.5, 0.6) is 0 Å². The zero-order valence-corrected chi connectivity index (χ0v) is 16.2. The van der Waals surface area contributed by atoms with Crippen molar-refractivity contribution in [2.24, 2.45) is 0 Å². The summed E-state index contributed by atoms with van der Waals surface area (Å²) in [6.45, 7) is 0. The average Bonchev–Trinajstić information content (AvgIpc) is 3.11. The van der Waals surface area contributed by atoms with Crippen molar-refractivity contribution in [3.05, 3.63) is 107 Å². The van der Waals surface area contributed by atoms with Gasteiger partial charge in [0.1, 0.15) is 5.82 Å². The lowest BCUT2D eigenvalue weighted by atomic mass is 10.1. The van der Waals surface area contributed by atoms with Gasteiger partial charge in [0.2, 0.25) is 0 Å². The number of rotatable bonds is 6. The molecule has 0 aliphatic heterocycles. The zero-order valence-electron chi connectivity index (χ0n) is 14.6. The highest BCUT2D eigenvalue weighted by atomic mass is 35.5. The van der Waals surface area contributed by atoms with E-state index in [1.165, 1.54) is 5.56 Å². The van der Waals surface area contributed by atoms with Crippen molar-refractivity contribution < 1.29 is 0 Å². The molecule has 0 saturated carbocycles. The molecule has 0 fully saturated rings. The van der Waals surface area contributed by atoms with E-state index in [0.29, 0.717) is 0 Å². The van der Waals surface area contributed by atoms with E-state index in [-0.39, 0.29) is 0 Å². The maximum atomic E-state index is 6.30. The Morgan fingerprint density at radius 2 is 1.44 bits per heavy atom. The maximum Gasteiger partial charge on any atom is 0.196 e. The van der Waals surface area contributed by atoms with Crippen LogP contribution in [0.4, 0.5) is 0 Å². The molecule has 0 aliphatic carbocycles. The van der Waals surface area contributed by atoms with E-state index in [4.69, 9.17) is 11.6 Å². The van der Waals surface area contributed by atoms with Gasteiger partial charge in [0.25, 0.3) is 0 Å². The van der Waals surface area contributed by atoms with Crippen LogP contribution >= 0.6 is 23.4 Å². The molecule has 0 spiro atoms. The third-order valence-corrected chi connectivity index (χ3v) is 5.58. The van der Waals surface area contributed by atoms with Crippen LogP contribution in [0, 0.1) is 0 Å². The first-order valence-electron chi connectivity index (χ1n) is 8.71. The molecule has 0 radical (unpaired) electrons. The fourth-order valence-electron chi connectivity index (χ4n) is 2.88. The van der Waals surface area contributed by atoms with E-state index >= 15 is 0 Å². The van der Waals surface area contributed by atoms with Gasteiger partial charge >= 0.3 is 0 Å². The summed E-state index contributed by atoms with van der Waals surface area (Å²) in [6, 6.07) is 28.5. The van der Waals surface area contributed by atoms with Crippen LogP contribution in [0.2, 0.25) is 5.02 Å². The molecule has 3 nitrogen and oxygen atoms in total. The Bertz CT molecular complexity index is 1020. The summed E-state index contributed by atoms with van der Waals surface area (Å²) in [5.74, 6) is 1.67. The van der Waals surface area contributed by atoms with Crippen LogP contribution in [0.15, 0.2) is 90.1 Å². The van der Waals surface area contributed by atoms with E-state index in [1.807, 2.05) is 60.7 Å². The van der Waals surface area contributed by atoms with Crippen molar-refractivity contribution in [1.29, 1.82) is 0 Å². The number of aromatic nitrogens is 3. The van der Waals surface area contributed by atoms with Crippen molar-refractivity contribution >= 4 is 23.4 Å². The minimum absolute atomic E-state index is 0.732. The molecular formula is C22H18ClN3S. The topological polar surface area (TPSA) is 30.7 Å². The van der Waals surface area contributed by atoms with Gasteiger partial charge < -0.3 is 0 Å². The average molecular weight is 392 g/mol. The van der Waals surface area contributed by atoms with E-state index in [1.54, 1.807) is 11.8 Å². The second-order valence-corrected chi connectivity index (χ2v) is 7.46. The van der Waals surface area contributed by atoms with Crippen LogP contribution in [0.25, 0.3) is 5.69 Å². The largest absolute Gasteiger partial charge is 0.274 e. The molecule has 134 valence electrons. The van der Waals surface area contributed by atoms with Crippen LogP contribution in [0.3, 0.4) is 0 Å². The SMILES string of the molecule is Clc1ccccc1CSc1nnc(Cc2ccccc2)n1-c1ccccc1. The maximum absolute atomic E-state index is 6.30. The molecule has 0 unspecified atom stereocenters. The smallest absolute Gasteiger partial charge is 0.196 e. The van der Waals surface area contributed by atoms with Crippen LogP contribution < -0.4 is 0 Å². The number of nitrogens with zero attached hydrogens (tertiary/aromatic N) is 3. The summed E-state index contributed by atoms with van der Waals surface area (Å²) >= 11 is 7.95. The summed E-state index contributed by atoms with van der Waals surface area (Å²) in [7, 11) is 0. The monoisotopic (exact) mass is 391 g/mol. The van der Waals surface area contributed by atoms with Gasteiger partial charge in [-0.3, -0.25) is 4.57 Å². The fourth-order valence-corrected chi connectivity index (χ4v) is 4.14. The van der Waals surface area contributed by atoms with E-state index in [9.17, 15) is 0 Å². The minimum atomic E-state index is 0.732. The van der Waals surface area contributed by atoms with Gasteiger partial charge in [0.05, 0.1) is 0 Å². The second kappa shape index (κ2) is 8.42. The number of para-hydroxylation sites is 1. The minimum Gasteiger partial charge on any atom is -0.274 e. The van der Waals surface area contributed by atoms with Crippen LogP contribution in [0.1, 0.15) is 17.0 Å². The molecule has 27 heavy (non-hydrogen) atoms. The van der Waals surface area contributed by atoms with Crippen molar-refractivity contribution in [2.75, 3.05) is 0 Å². The van der Waals surface area contributed by atoms with Gasteiger partial charge in [-0.2, -0.15) is 0 Å². The van der Waals surface area contributed by atoms with Gasteiger partial charge in [-0.25, -0.2) is 0 Å². The van der Waals surface area contributed by atoms with E-state index in [0.717, 1.165) is 39.4 Å². The molecule has 0 saturated heterocycles. The molecule has 4 aromatic rings. The van der Waals surface area contributed by atoms with Crippen molar-refractivity contribution in [1.82, 2.24) is 14.8 Å². The third-order valence-electron chi connectivity index (χ3n) is 4.23. The summed E-state index contributed by atoms with van der Waals surface area (Å²) in [6.07, 6.45) is 0.732. The Morgan fingerprint density at radius 1 is 0.778 bits per heavy atom. The molecule has 0 amide bonds.